The fraction of sp³-hybridized carbons (Fsp3) is 0.818. The number of amides is 1. The standard InChI is InChI=1S/C11H21NO4/c1-4-5-12(6-7-15-3)11(14)9-16-8-10(2)13/h4-9H2,1-3H3. The van der Waals surface area contributed by atoms with Crippen molar-refractivity contribution < 1.29 is 19.1 Å². The van der Waals surface area contributed by atoms with Gasteiger partial charge < -0.3 is 14.4 Å². The molecule has 0 bridgehead atoms. The van der Waals surface area contributed by atoms with Crippen LogP contribution in [-0.4, -0.2) is 56.6 Å². The highest BCUT2D eigenvalue weighted by Crippen LogP contribution is 1.94. The molecule has 0 aromatic heterocycles. The molecule has 5 heteroatoms. The van der Waals surface area contributed by atoms with Crippen LogP contribution in [0.25, 0.3) is 0 Å². The molecule has 0 unspecified atom stereocenters. The van der Waals surface area contributed by atoms with Crippen LogP contribution in [0.4, 0.5) is 0 Å². The van der Waals surface area contributed by atoms with Gasteiger partial charge in [0.25, 0.3) is 0 Å². The van der Waals surface area contributed by atoms with Crippen molar-refractivity contribution in [2.45, 2.75) is 20.3 Å². The topological polar surface area (TPSA) is 55.8 Å². The van der Waals surface area contributed by atoms with E-state index < -0.39 is 0 Å². The van der Waals surface area contributed by atoms with E-state index in [4.69, 9.17) is 9.47 Å². The van der Waals surface area contributed by atoms with E-state index >= 15 is 0 Å². The molecular formula is C11H21NO4. The number of hydrogen-bond donors (Lipinski definition) is 0. The van der Waals surface area contributed by atoms with E-state index in [1.54, 1.807) is 12.0 Å². The lowest BCUT2D eigenvalue weighted by atomic mass is 10.4. The Bertz CT molecular complexity index is 218. The van der Waals surface area contributed by atoms with Gasteiger partial charge in [0.05, 0.1) is 6.61 Å². The van der Waals surface area contributed by atoms with E-state index in [2.05, 4.69) is 0 Å². The van der Waals surface area contributed by atoms with Crippen LogP contribution >= 0.6 is 0 Å². The fourth-order valence-corrected chi connectivity index (χ4v) is 1.21. The summed E-state index contributed by atoms with van der Waals surface area (Å²) in [5.41, 5.74) is 0. The van der Waals surface area contributed by atoms with Gasteiger partial charge >= 0.3 is 0 Å². The third-order valence-corrected chi connectivity index (χ3v) is 1.94. The minimum absolute atomic E-state index is 0.00399. The second kappa shape index (κ2) is 9.30. The molecule has 0 radical (unpaired) electrons. The van der Waals surface area contributed by atoms with Gasteiger partial charge in [0.1, 0.15) is 13.2 Å². The predicted molar refractivity (Wildman–Crippen MR) is 60.2 cm³/mol. The molecule has 0 aliphatic rings. The Morgan fingerprint density at radius 3 is 2.38 bits per heavy atom. The average Bonchev–Trinajstić information content (AvgIpc) is 2.23. The first-order valence-corrected chi connectivity index (χ1v) is 5.45. The Balaban J connectivity index is 3.90. The van der Waals surface area contributed by atoms with Crippen molar-refractivity contribution in [3.05, 3.63) is 0 Å². The van der Waals surface area contributed by atoms with Crippen LogP contribution in [-0.2, 0) is 19.1 Å². The van der Waals surface area contributed by atoms with Gasteiger partial charge in [-0.1, -0.05) is 6.92 Å². The van der Waals surface area contributed by atoms with Gasteiger partial charge in [0, 0.05) is 20.2 Å². The summed E-state index contributed by atoms with van der Waals surface area (Å²) in [6.07, 6.45) is 0.891. The molecule has 0 heterocycles. The molecule has 5 nitrogen and oxygen atoms in total. The number of carbonyl (C=O) groups excluding carboxylic acids is 2. The van der Waals surface area contributed by atoms with Crippen LogP contribution in [0.2, 0.25) is 0 Å². The van der Waals surface area contributed by atoms with E-state index in [1.165, 1.54) is 6.92 Å². The van der Waals surface area contributed by atoms with Gasteiger partial charge in [0.2, 0.25) is 5.91 Å². The molecule has 0 rings (SSSR count). The lowest BCUT2D eigenvalue weighted by molar-refractivity contribution is -0.138. The van der Waals surface area contributed by atoms with Gasteiger partial charge in [-0.15, -0.1) is 0 Å². The Morgan fingerprint density at radius 2 is 1.88 bits per heavy atom. The summed E-state index contributed by atoms with van der Waals surface area (Å²) < 4.78 is 9.91. The van der Waals surface area contributed by atoms with Crippen molar-refractivity contribution >= 4 is 11.7 Å². The third-order valence-electron chi connectivity index (χ3n) is 1.94. The Hall–Kier alpha value is -0.940. The fourth-order valence-electron chi connectivity index (χ4n) is 1.21. The van der Waals surface area contributed by atoms with Crippen molar-refractivity contribution in [3.8, 4) is 0 Å². The van der Waals surface area contributed by atoms with E-state index in [9.17, 15) is 9.59 Å². The summed E-state index contributed by atoms with van der Waals surface area (Å²) in [4.78, 5) is 24.0. The van der Waals surface area contributed by atoms with Crippen LogP contribution < -0.4 is 0 Å². The zero-order valence-corrected chi connectivity index (χ0v) is 10.3. The predicted octanol–water partition coefficient (Wildman–Crippen LogP) is 0.477. The molecule has 0 saturated carbocycles. The lowest BCUT2D eigenvalue weighted by Gasteiger charge is -2.21. The SMILES string of the molecule is CCCN(CCOC)C(=O)COCC(C)=O. The van der Waals surface area contributed by atoms with Crippen LogP contribution in [0.15, 0.2) is 0 Å². The normalized spacial score (nSPS) is 10.2. The zero-order valence-electron chi connectivity index (χ0n) is 10.3. The van der Waals surface area contributed by atoms with Gasteiger partial charge in [0.15, 0.2) is 5.78 Å². The van der Waals surface area contributed by atoms with Crippen LogP contribution in [0.3, 0.4) is 0 Å². The molecule has 0 aliphatic heterocycles. The minimum atomic E-state index is -0.0971. The largest absolute Gasteiger partial charge is 0.383 e. The molecule has 0 N–H and O–H groups in total. The van der Waals surface area contributed by atoms with E-state index in [1.807, 2.05) is 6.92 Å². The van der Waals surface area contributed by atoms with Gasteiger partial charge in [-0.2, -0.15) is 0 Å². The highest BCUT2D eigenvalue weighted by Gasteiger charge is 2.12. The first-order chi connectivity index (χ1) is 7.61. The molecule has 94 valence electrons. The average molecular weight is 231 g/mol. The maximum atomic E-state index is 11.7. The third kappa shape index (κ3) is 7.36. The molecule has 16 heavy (non-hydrogen) atoms. The molecular weight excluding hydrogens is 210 g/mol. The number of nitrogens with zero attached hydrogens (tertiary/aromatic N) is 1. The van der Waals surface area contributed by atoms with Crippen molar-refractivity contribution in [1.29, 1.82) is 0 Å². The van der Waals surface area contributed by atoms with Crippen LogP contribution in [0.1, 0.15) is 20.3 Å². The summed E-state index contributed by atoms with van der Waals surface area (Å²) in [5, 5.41) is 0. The number of methoxy groups -OCH3 is 1. The maximum Gasteiger partial charge on any atom is 0.248 e. The van der Waals surface area contributed by atoms with Gasteiger partial charge in [-0.3, -0.25) is 9.59 Å². The Kier molecular flexibility index (Phi) is 8.75. The van der Waals surface area contributed by atoms with E-state index in [0.29, 0.717) is 19.7 Å². The molecule has 0 atom stereocenters. The summed E-state index contributed by atoms with van der Waals surface area (Å²) in [5.74, 6) is -0.174. The van der Waals surface area contributed by atoms with E-state index in [-0.39, 0.29) is 24.9 Å². The van der Waals surface area contributed by atoms with Crippen molar-refractivity contribution in [2.24, 2.45) is 0 Å². The Labute approximate surface area is 96.7 Å². The summed E-state index contributed by atoms with van der Waals surface area (Å²) in [6, 6.07) is 0. The number of rotatable bonds is 9. The first kappa shape index (κ1) is 15.1. The lowest BCUT2D eigenvalue weighted by Crippen LogP contribution is -2.37. The molecule has 0 saturated heterocycles. The minimum Gasteiger partial charge on any atom is -0.383 e. The number of ether oxygens (including phenoxy) is 2. The molecule has 0 aromatic carbocycles. The van der Waals surface area contributed by atoms with Crippen LogP contribution in [0.5, 0.6) is 0 Å². The quantitative estimate of drug-likeness (QED) is 0.579. The zero-order chi connectivity index (χ0) is 12.4. The van der Waals surface area contributed by atoms with Crippen LogP contribution in [0, 0.1) is 0 Å². The van der Waals surface area contributed by atoms with E-state index in [0.717, 1.165) is 6.42 Å². The van der Waals surface area contributed by atoms with Gasteiger partial charge in [-0.25, -0.2) is 0 Å². The maximum absolute atomic E-state index is 11.7. The molecule has 0 aliphatic carbocycles. The highest BCUT2D eigenvalue weighted by atomic mass is 16.5. The number of carbonyl (C=O) groups is 2. The summed E-state index contributed by atoms with van der Waals surface area (Å²) in [6.45, 7) is 5.15. The molecule has 0 spiro atoms. The summed E-state index contributed by atoms with van der Waals surface area (Å²) >= 11 is 0. The smallest absolute Gasteiger partial charge is 0.248 e. The van der Waals surface area contributed by atoms with Gasteiger partial charge in [-0.05, 0) is 13.3 Å². The number of Topliss-reactive ketones (excluding diaryl/α,β-unsaturated/α-hetero) is 1. The van der Waals surface area contributed by atoms with Crippen molar-refractivity contribution in [1.82, 2.24) is 4.90 Å². The Morgan fingerprint density at radius 1 is 1.19 bits per heavy atom. The molecule has 1 amide bonds. The number of hydrogen-bond acceptors (Lipinski definition) is 4. The van der Waals surface area contributed by atoms with Crippen molar-refractivity contribution in [2.75, 3.05) is 40.0 Å². The first-order valence-electron chi connectivity index (χ1n) is 5.45. The molecule has 0 fully saturated rings. The number of ketones is 1. The summed E-state index contributed by atoms with van der Waals surface area (Å²) in [7, 11) is 1.60. The molecule has 0 aromatic rings. The second-order valence-electron chi connectivity index (χ2n) is 3.57. The highest BCUT2D eigenvalue weighted by molar-refractivity contribution is 5.79. The second-order valence-corrected chi connectivity index (χ2v) is 3.57. The monoisotopic (exact) mass is 231 g/mol. The van der Waals surface area contributed by atoms with Crippen molar-refractivity contribution in [3.63, 3.8) is 0 Å².